The van der Waals surface area contributed by atoms with Gasteiger partial charge in [-0.1, -0.05) is 38.1 Å². The van der Waals surface area contributed by atoms with Crippen molar-refractivity contribution in [2.45, 2.75) is 32.7 Å². The summed E-state index contributed by atoms with van der Waals surface area (Å²) in [6, 6.07) is 8.17. The Morgan fingerprint density at radius 2 is 1.94 bits per heavy atom. The van der Waals surface area contributed by atoms with Gasteiger partial charge in [0.15, 0.2) is 0 Å². The molecule has 1 aromatic carbocycles. The lowest BCUT2D eigenvalue weighted by Gasteiger charge is -2.03. The molecule has 0 atom stereocenters. The first-order valence-corrected chi connectivity index (χ1v) is 6.24. The molecular formula is C15H19NO. The Labute approximate surface area is 103 Å². The minimum absolute atomic E-state index is 0.0480. The van der Waals surface area contributed by atoms with Crippen LogP contribution in [0.2, 0.25) is 0 Å². The van der Waals surface area contributed by atoms with Gasteiger partial charge in [0.2, 0.25) is 0 Å². The Balaban J connectivity index is 1.99. The predicted molar refractivity (Wildman–Crippen MR) is 70.8 cm³/mol. The van der Waals surface area contributed by atoms with Crippen molar-refractivity contribution < 1.29 is 4.79 Å². The van der Waals surface area contributed by atoms with Gasteiger partial charge in [-0.25, -0.2) is 0 Å². The summed E-state index contributed by atoms with van der Waals surface area (Å²) in [5, 5.41) is 2.98. The first-order chi connectivity index (χ1) is 8.15. The van der Waals surface area contributed by atoms with E-state index in [4.69, 9.17) is 0 Å². The van der Waals surface area contributed by atoms with Crippen molar-refractivity contribution >= 4 is 12.0 Å². The summed E-state index contributed by atoms with van der Waals surface area (Å²) >= 11 is 0. The summed E-state index contributed by atoms with van der Waals surface area (Å²) in [5.41, 5.74) is 1.89. The quantitative estimate of drug-likeness (QED) is 0.843. The molecule has 1 amide bonds. The molecule has 0 bridgehead atoms. The predicted octanol–water partition coefficient (Wildman–Crippen LogP) is 3.25. The molecule has 1 saturated carbocycles. The van der Waals surface area contributed by atoms with Gasteiger partial charge in [0.25, 0.3) is 5.91 Å². The maximum atomic E-state index is 11.7. The van der Waals surface area contributed by atoms with Crippen molar-refractivity contribution in [2.75, 3.05) is 0 Å². The monoisotopic (exact) mass is 229 g/mol. The smallest absolute Gasteiger partial charge is 0.251 e. The first kappa shape index (κ1) is 11.9. The third kappa shape index (κ3) is 3.74. The molecule has 0 radical (unpaired) electrons. The van der Waals surface area contributed by atoms with Crippen molar-refractivity contribution in [1.29, 1.82) is 0 Å². The Morgan fingerprint density at radius 3 is 2.47 bits per heavy atom. The number of hydrogen-bond donors (Lipinski definition) is 1. The minimum Gasteiger partial charge on any atom is -0.349 e. The second-order valence-corrected chi connectivity index (χ2v) is 4.97. The molecule has 17 heavy (non-hydrogen) atoms. The molecule has 0 heterocycles. The van der Waals surface area contributed by atoms with Crippen LogP contribution in [0.25, 0.3) is 6.08 Å². The van der Waals surface area contributed by atoms with Crippen LogP contribution in [-0.4, -0.2) is 11.9 Å². The number of benzene rings is 1. The van der Waals surface area contributed by atoms with Gasteiger partial charge >= 0.3 is 0 Å². The fourth-order valence-electron chi connectivity index (χ4n) is 1.55. The van der Waals surface area contributed by atoms with Crippen molar-refractivity contribution in [1.82, 2.24) is 5.32 Å². The number of rotatable bonds is 4. The summed E-state index contributed by atoms with van der Waals surface area (Å²) in [6.45, 7) is 4.29. The van der Waals surface area contributed by atoms with Crippen LogP contribution in [0.15, 0.2) is 30.3 Å². The van der Waals surface area contributed by atoms with Crippen LogP contribution < -0.4 is 5.32 Å². The molecular weight excluding hydrogens is 210 g/mol. The van der Waals surface area contributed by atoms with Gasteiger partial charge in [0, 0.05) is 11.6 Å². The van der Waals surface area contributed by atoms with Crippen LogP contribution in [0.5, 0.6) is 0 Å². The molecule has 0 unspecified atom stereocenters. The molecule has 1 aliphatic rings. The van der Waals surface area contributed by atoms with Crippen LogP contribution in [-0.2, 0) is 0 Å². The lowest BCUT2D eigenvalue weighted by molar-refractivity contribution is 0.0951. The van der Waals surface area contributed by atoms with E-state index < -0.39 is 0 Å². The first-order valence-electron chi connectivity index (χ1n) is 6.24. The second-order valence-electron chi connectivity index (χ2n) is 4.97. The zero-order valence-electron chi connectivity index (χ0n) is 10.4. The van der Waals surface area contributed by atoms with Gasteiger partial charge in [0.05, 0.1) is 0 Å². The lowest BCUT2D eigenvalue weighted by atomic mass is 10.1. The number of hydrogen-bond acceptors (Lipinski definition) is 1. The summed E-state index contributed by atoms with van der Waals surface area (Å²) in [6.07, 6.45) is 6.49. The van der Waals surface area contributed by atoms with E-state index in [-0.39, 0.29) is 5.91 Å². The average molecular weight is 229 g/mol. The van der Waals surface area contributed by atoms with Crippen molar-refractivity contribution in [3.63, 3.8) is 0 Å². The number of nitrogens with one attached hydrogen (secondary N) is 1. The molecule has 2 nitrogen and oxygen atoms in total. The molecule has 1 fully saturated rings. The molecule has 2 heteroatoms. The number of carbonyl (C=O) groups is 1. The van der Waals surface area contributed by atoms with E-state index in [1.807, 2.05) is 24.3 Å². The van der Waals surface area contributed by atoms with Gasteiger partial charge in [-0.05, 0) is 36.5 Å². The van der Waals surface area contributed by atoms with E-state index in [0.29, 0.717) is 12.0 Å². The number of carbonyl (C=O) groups excluding carboxylic acids is 1. The van der Waals surface area contributed by atoms with Gasteiger partial charge in [-0.2, -0.15) is 0 Å². The zero-order valence-corrected chi connectivity index (χ0v) is 10.4. The molecule has 0 aromatic heterocycles. The van der Waals surface area contributed by atoms with Crippen LogP contribution in [0.3, 0.4) is 0 Å². The third-order valence-corrected chi connectivity index (χ3v) is 2.76. The fraction of sp³-hybridized carbons (Fsp3) is 0.400. The summed E-state index contributed by atoms with van der Waals surface area (Å²) in [5.74, 6) is 0.597. The fourth-order valence-corrected chi connectivity index (χ4v) is 1.55. The third-order valence-electron chi connectivity index (χ3n) is 2.76. The topological polar surface area (TPSA) is 29.1 Å². The minimum atomic E-state index is 0.0480. The molecule has 1 N–H and O–H groups in total. The van der Waals surface area contributed by atoms with Gasteiger partial charge in [-0.15, -0.1) is 0 Å². The van der Waals surface area contributed by atoms with Crippen LogP contribution >= 0.6 is 0 Å². The van der Waals surface area contributed by atoms with Gasteiger partial charge in [0.1, 0.15) is 0 Å². The average Bonchev–Trinajstić information content (AvgIpc) is 3.11. The summed E-state index contributed by atoms with van der Waals surface area (Å²) < 4.78 is 0. The molecule has 0 saturated heterocycles. The normalized spacial score (nSPS) is 15.5. The summed E-state index contributed by atoms with van der Waals surface area (Å²) in [4.78, 5) is 11.7. The van der Waals surface area contributed by atoms with E-state index in [0.717, 1.165) is 24.0 Å². The number of amides is 1. The maximum absolute atomic E-state index is 11.7. The molecule has 1 aliphatic carbocycles. The standard InChI is InChI=1S/C15H19NO/c1-11(2)3-4-12-5-7-13(8-6-12)15(17)16-14-9-10-14/h3-8,11,14H,9-10H2,1-2H3,(H,16,17)/b4-3+. The van der Waals surface area contributed by atoms with Gasteiger partial charge < -0.3 is 5.32 Å². The number of allylic oxidation sites excluding steroid dienone is 1. The van der Waals surface area contributed by atoms with Crippen molar-refractivity contribution in [2.24, 2.45) is 5.92 Å². The van der Waals surface area contributed by atoms with Crippen molar-refractivity contribution in [3.05, 3.63) is 41.5 Å². The van der Waals surface area contributed by atoms with Crippen molar-refractivity contribution in [3.8, 4) is 0 Å². The van der Waals surface area contributed by atoms with E-state index >= 15 is 0 Å². The van der Waals surface area contributed by atoms with Crippen LogP contribution in [0.4, 0.5) is 0 Å². The van der Waals surface area contributed by atoms with E-state index in [9.17, 15) is 4.79 Å². The lowest BCUT2D eigenvalue weighted by Crippen LogP contribution is -2.25. The molecule has 90 valence electrons. The van der Waals surface area contributed by atoms with Crippen LogP contribution in [0.1, 0.15) is 42.6 Å². The van der Waals surface area contributed by atoms with E-state index in [2.05, 4.69) is 31.3 Å². The summed E-state index contributed by atoms with van der Waals surface area (Å²) in [7, 11) is 0. The highest BCUT2D eigenvalue weighted by Crippen LogP contribution is 2.19. The van der Waals surface area contributed by atoms with Gasteiger partial charge in [-0.3, -0.25) is 4.79 Å². The molecule has 2 rings (SSSR count). The highest BCUT2D eigenvalue weighted by atomic mass is 16.1. The maximum Gasteiger partial charge on any atom is 0.251 e. The Morgan fingerprint density at radius 1 is 1.29 bits per heavy atom. The van der Waals surface area contributed by atoms with E-state index in [1.165, 1.54) is 0 Å². The van der Waals surface area contributed by atoms with Crippen LogP contribution in [0, 0.1) is 5.92 Å². The Kier molecular flexibility index (Phi) is 3.62. The second kappa shape index (κ2) is 5.17. The van der Waals surface area contributed by atoms with E-state index in [1.54, 1.807) is 0 Å². The highest BCUT2D eigenvalue weighted by Gasteiger charge is 2.23. The Hall–Kier alpha value is -1.57. The molecule has 0 spiro atoms. The Bertz CT molecular complexity index is 413. The highest BCUT2D eigenvalue weighted by molar-refractivity contribution is 5.94. The zero-order chi connectivity index (χ0) is 12.3. The molecule has 0 aliphatic heterocycles. The molecule has 1 aromatic rings. The SMILES string of the molecule is CC(C)/C=C/c1ccc(C(=O)NC2CC2)cc1. The largest absolute Gasteiger partial charge is 0.349 e.